The summed E-state index contributed by atoms with van der Waals surface area (Å²) in [5.74, 6) is 2.04. The molecule has 1 saturated carbocycles. The molecule has 0 unspecified atom stereocenters. The average Bonchev–Trinajstić information content (AvgIpc) is 3.43. The largest absolute Gasteiger partial charge is 0.454 e. The molecule has 1 aromatic carbocycles. The van der Waals surface area contributed by atoms with Crippen molar-refractivity contribution in [3.8, 4) is 28.7 Å². The molecule has 33 heavy (non-hydrogen) atoms. The van der Waals surface area contributed by atoms with Crippen molar-refractivity contribution in [1.82, 2.24) is 29.5 Å². The van der Waals surface area contributed by atoms with E-state index in [1.807, 2.05) is 24.3 Å². The maximum absolute atomic E-state index is 13.3. The zero-order chi connectivity index (χ0) is 22.4. The first-order chi connectivity index (χ1) is 16.2. The number of carbonyl (C=O) groups excluding carboxylic acids is 2. The number of fused-ring (bicyclic) bond motifs is 1. The van der Waals surface area contributed by atoms with E-state index in [2.05, 4.69) is 10.1 Å². The molecule has 168 valence electrons. The van der Waals surface area contributed by atoms with Crippen molar-refractivity contribution in [2.45, 2.75) is 18.8 Å². The fourth-order valence-corrected chi connectivity index (χ4v) is 4.30. The minimum atomic E-state index is -0.0550. The van der Waals surface area contributed by atoms with Gasteiger partial charge in [0, 0.05) is 43.9 Å². The number of benzene rings is 1. The van der Waals surface area contributed by atoms with E-state index in [4.69, 9.17) is 14.5 Å². The Bertz CT molecular complexity index is 1230. The summed E-state index contributed by atoms with van der Waals surface area (Å²) in [7, 11) is 0. The summed E-state index contributed by atoms with van der Waals surface area (Å²) in [5.41, 5.74) is 3.07. The molecule has 0 bridgehead atoms. The quantitative estimate of drug-likeness (QED) is 0.551. The standard InChI is InChI=1S/C23H22N6O4/c30-13-27-7-9-28(10-8-27)22(31)17-12-25-29(21(17)15-1-2-15)23-24-6-5-18(26-23)16-3-4-19-20(11-16)33-14-32-19/h3-6,11-13,15H,1-2,7-10,14H2. The second-order valence-electron chi connectivity index (χ2n) is 8.37. The SMILES string of the molecule is O=CN1CCN(C(=O)c2cnn(-c3nccc(-c4ccc5c(c4)OCO5)n3)c2C2CC2)CC1. The third-order valence-corrected chi connectivity index (χ3v) is 6.25. The summed E-state index contributed by atoms with van der Waals surface area (Å²) in [6.45, 7) is 2.34. The van der Waals surface area contributed by atoms with Crippen LogP contribution in [0, 0.1) is 0 Å². The van der Waals surface area contributed by atoms with Crippen LogP contribution >= 0.6 is 0 Å². The second-order valence-corrected chi connectivity index (χ2v) is 8.37. The molecule has 2 fully saturated rings. The van der Waals surface area contributed by atoms with Crippen molar-refractivity contribution in [2.75, 3.05) is 33.0 Å². The second kappa shape index (κ2) is 7.88. The summed E-state index contributed by atoms with van der Waals surface area (Å²) in [6.07, 6.45) is 6.17. The van der Waals surface area contributed by atoms with Crippen LogP contribution in [0.4, 0.5) is 0 Å². The Morgan fingerprint density at radius 3 is 2.67 bits per heavy atom. The van der Waals surface area contributed by atoms with Gasteiger partial charge in [0.15, 0.2) is 11.5 Å². The lowest BCUT2D eigenvalue weighted by Gasteiger charge is -2.32. The predicted octanol–water partition coefficient (Wildman–Crippen LogP) is 1.85. The Morgan fingerprint density at radius 1 is 1.06 bits per heavy atom. The Balaban J connectivity index is 1.32. The van der Waals surface area contributed by atoms with Gasteiger partial charge in [-0.15, -0.1) is 0 Å². The molecular weight excluding hydrogens is 424 g/mol. The summed E-state index contributed by atoms with van der Waals surface area (Å²) in [4.78, 5) is 36.9. The topological polar surface area (TPSA) is 103 Å². The maximum Gasteiger partial charge on any atom is 0.257 e. The number of amides is 2. The monoisotopic (exact) mass is 446 g/mol. The molecule has 2 amide bonds. The number of nitrogens with zero attached hydrogens (tertiary/aromatic N) is 6. The average molecular weight is 446 g/mol. The van der Waals surface area contributed by atoms with E-state index in [9.17, 15) is 9.59 Å². The molecule has 3 aromatic rings. The zero-order valence-electron chi connectivity index (χ0n) is 17.9. The van der Waals surface area contributed by atoms with Crippen molar-refractivity contribution in [3.63, 3.8) is 0 Å². The normalized spacial score (nSPS) is 17.3. The summed E-state index contributed by atoms with van der Waals surface area (Å²) in [6, 6.07) is 7.52. The highest BCUT2D eigenvalue weighted by atomic mass is 16.7. The highest BCUT2D eigenvalue weighted by molar-refractivity contribution is 5.95. The van der Waals surface area contributed by atoms with E-state index in [1.165, 1.54) is 0 Å². The number of hydrogen-bond acceptors (Lipinski definition) is 7. The van der Waals surface area contributed by atoms with Crippen LogP contribution in [0.15, 0.2) is 36.7 Å². The first-order valence-corrected chi connectivity index (χ1v) is 11.0. The van der Waals surface area contributed by atoms with Gasteiger partial charge >= 0.3 is 0 Å². The van der Waals surface area contributed by atoms with Crippen LogP contribution in [0.25, 0.3) is 17.2 Å². The smallest absolute Gasteiger partial charge is 0.257 e. The van der Waals surface area contributed by atoms with E-state index in [0.717, 1.165) is 36.2 Å². The first kappa shape index (κ1) is 19.7. The lowest BCUT2D eigenvalue weighted by molar-refractivity contribution is -0.119. The van der Waals surface area contributed by atoms with Crippen molar-refractivity contribution in [1.29, 1.82) is 0 Å². The van der Waals surface area contributed by atoms with Gasteiger partial charge in [-0.2, -0.15) is 5.10 Å². The Hall–Kier alpha value is -3.95. The van der Waals surface area contributed by atoms with Crippen LogP contribution in [0.5, 0.6) is 11.5 Å². The highest BCUT2D eigenvalue weighted by Gasteiger charge is 2.35. The fraction of sp³-hybridized carbons (Fsp3) is 0.348. The van der Waals surface area contributed by atoms with Gasteiger partial charge in [-0.25, -0.2) is 14.6 Å². The molecule has 0 atom stereocenters. The molecule has 1 aliphatic carbocycles. The van der Waals surface area contributed by atoms with Crippen molar-refractivity contribution < 1.29 is 19.1 Å². The molecular formula is C23H22N6O4. The van der Waals surface area contributed by atoms with Crippen LogP contribution < -0.4 is 9.47 Å². The zero-order valence-corrected chi connectivity index (χ0v) is 17.9. The number of carbonyl (C=O) groups is 2. The summed E-state index contributed by atoms with van der Waals surface area (Å²) in [5, 5.41) is 4.52. The van der Waals surface area contributed by atoms with Crippen molar-refractivity contribution >= 4 is 12.3 Å². The molecule has 1 saturated heterocycles. The molecule has 3 aliphatic rings. The van der Waals surface area contributed by atoms with Gasteiger partial charge in [-0.05, 0) is 37.1 Å². The maximum atomic E-state index is 13.3. The number of hydrogen-bond donors (Lipinski definition) is 0. The number of rotatable bonds is 5. The van der Waals surface area contributed by atoms with Gasteiger partial charge in [-0.1, -0.05) is 0 Å². The molecule has 0 radical (unpaired) electrons. The van der Waals surface area contributed by atoms with Gasteiger partial charge in [0.05, 0.1) is 23.1 Å². The van der Waals surface area contributed by atoms with Gasteiger partial charge in [0.2, 0.25) is 13.2 Å². The van der Waals surface area contributed by atoms with Crippen LogP contribution in [0.3, 0.4) is 0 Å². The Labute approximate surface area is 189 Å². The van der Waals surface area contributed by atoms with Crippen LogP contribution in [0.1, 0.15) is 34.8 Å². The number of ether oxygens (including phenoxy) is 2. The van der Waals surface area contributed by atoms with E-state index in [1.54, 1.807) is 26.9 Å². The van der Waals surface area contributed by atoms with Crippen molar-refractivity contribution in [2.24, 2.45) is 0 Å². The first-order valence-electron chi connectivity index (χ1n) is 11.0. The van der Waals surface area contributed by atoms with Crippen LogP contribution in [0.2, 0.25) is 0 Å². The molecule has 10 nitrogen and oxygen atoms in total. The third-order valence-electron chi connectivity index (χ3n) is 6.25. The molecule has 10 heteroatoms. The Morgan fingerprint density at radius 2 is 1.88 bits per heavy atom. The minimum Gasteiger partial charge on any atom is -0.454 e. The van der Waals surface area contributed by atoms with Gasteiger partial charge in [-0.3, -0.25) is 9.59 Å². The van der Waals surface area contributed by atoms with E-state index in [0.29, 0.717) is 49.2 Å². The van der Waals surface area contributed by atoms with E-state index >= 15 is 0 Å². The molecule has 4 heterocycles. The molecule has 2 aromatic heterocycles. The van der Waals surface area contributed by atoms with E-state index < -0.39 is 0 Å². The highest BCUT2D eigenvalue weighted by Crippen LogP contribution is 2.42. The summed E-state index contributed by atoms with van der Waals surface area (Å²) < 4.78 is 12.6. The predicted molar refractivity (Wildman–Crippen MR) is 116 cm³/mol. The van der Waals surface area contributed by atoms with E-state index in [-0.39, 0.29) is 18.6 Å². The van der Waals surface area contributed by atoms with Crippen LogP contribution in [-0.4, -0.2) is 74.8 Å². The lowest BCUT2D eigenvalue weighted by atomic mass is 10.1. The molecule has 6 rings (SSSR count). The van der Waals surface area contributed by atoms with Crippen LogP contribution in [-0.2, 0) is 4.79 Å². The molecule has 0 spiro atoms. The lowest BCUT2D eigenvalue weighted by Crippen LogP contribution is -2.48. The molecule has 0 N–H and O–H groups in total. The number of aromatic nitrogens is 4. The minimum absolute atomic E-state index is 0.0550. The fourth-order valence-electron chi connectivity index (χ4n) is 4.30. The van der Waals surface area contributed by atoms with Crippen molar-refractivity contribution in [3.05, 3.63) is 47.9 Å². The number of piperazine rings is 1. The molecule has 2 aliphatic heterocycles. The van der Waals surface area contributed by atoms with Gasteiger partial charge in [0.25, 0.3) is 11.9 Å². The Kier molecular flexibility index (Phi) is 4.70. The van der Waals surface area contributed by atoms with Gasteiger partial charge < -0.3 is 19.3 Å². The summed E-state index contributed by atoms with van der Waals surface area (Å²) >= 11 is 0. The third kappa shape index (κ3) is 3.57. The van der Waals surface area contributed by atoms with Gasteiger partial charge in [0.1, 0.15) is 0 Å².